The van der Waals surface area contributed by atoms with Gasteiger partial charge in [-0.2, -0.15) is 5.10 Å². The van der Waals surface area contributed by atoms with Crippen molar-refractivity contribution in [3.63, 3.8) is 0 Å². The Morgan fingerprint density at radius 2 is 2.06 bits per heavy atom. The quantitative estimate of drug-likeness (QED) is 0.901. The Morgan fingerprint density at radius 1 is 1.33 bits per heavy atom. The number of hydrogen-bond donors (Lipinski definition) is 1. The van der Waals surface area contributed by atoms with Gasteiger partial charge in [-0.15, -0.1) is 0 Å². The van der Waals surface area contributed by atoms with Crippen molar-refractivity contribution in [2.24, 2.45) is 7.05 Å². The smallest absolute Gasteiger partial charge is 0.208 e. The van der Waals surface area contributed by atoms with Crippen molar-refractivity contribution in [2.75, 3.05) is 5.32 Å². The first-order valence-electron chi connectivity index (χ1n) is 6.36. The zero-order valence-electron chi connectivity index (χ0n) is 11.7. The molecule has 0 aliphatic rings. The van der Waals surface area contributed by atoms with Crippen LogP contribution in [0, 0.1) is 6.92 Å². The monoisotopic (exact) mass is 247 g/mol. The summed E-state index contributed by atoms with van der Waals surface area (Å²) in [7, 11) is 1.95. The molecule has 5 heteroatoms. The summed E-state index contributed by atoms with van der Waals surface area (Å²) in [5.41, 5.74) is 3.19. The third-order valence-corrected chi connectivity index (χ3v) is 2.72. The summed E-state index contributed by atoms with van der Waals surface area (Å²) >= 11 is 0. The lowest BCUT2D eigenvalue weighted by atomic mass is 10.3. The molecule has 5 nitrogen and oxygen atoms in total. The van der Waals surface area contributed by atoms with Crippen LogP contribution in [0.3, 0.4) is 0 Å². The number of aromatic nitrogens is 4. The maximum atomic E-state index is 4.53. The highest BCUT2D eigenvalue weighted by Gasteiger charge is 2.13. The van der Waals surface area contributed by atoms with Crippen LogP contribution in [-0.2, 0) is 13.5 Å². The van der Waals surface area contributed by atoms with Gasteiger partial charge >= 0.3 is 0 Å². The van der Waals surface area contributed by atoms with Crippen LogP contribution in [0.4, 0.5) is 5.95 Å². The molecule has 0 bridgehead atoms. The number of nitrogens with one attached hydrogen (secondary N) is 1. The molecule has 0 aliphatic heterocycles. The van der Waals surface area contributed by atoms with Gasteiger partial charge < -0.3 is 5.32 Å². The van der Waals surface area contributed by atoms with Gasteiger partial charge in [-0.25, -0.2) is 4.98 Å². The molecule has 0 radical (unpaired) electrons. The minimum absolute atomic E-state index is 0.354. The van der Waals surface area contributed by atoms with Gasteiger partial charge in [0.05, 0.1) is 17.1 Å². The highest BCUT2D eigenvalue weighted by Crippen LogP contribution is 2.20. The van der Waals surface area contributed by atoms with Gasteiger partial charge in [0.2, 0.25) is 5.95 Å². The van der Waals surface area contributed by atoms with E-state index in [1.807, 2.05) is 31.0 Å². The molecule has 18 heavy (non-hydrogen) atoms. The molecule has 2 aromatic heterocycles. The molecule has 0 fully saturated rings. The van der Waals surface area contributed by atoms with Gasteiger partial charge in [0, 0.05) is 25.5 Å². The maximum absolute atomic E-state index is 4.53. The fourth-order valence-electron chi connectivity index (χ4n) is 2.02. The molecule has 0 aliphatic carbocycles. The van der Waals surface area contributed by atoms with Crippen LogP contribution >= 0.6 is 0 Å². The molecule has 0 aromatic carbocycles. The first kappa shape index (κ1) is 12.7. The number of anilines is 1. The van der Waals surface area contributed by atoms with Crippen molar-refractivity contribution < 1.29 is 0 Å². The zero-order chi connectivity index (χ0) is 13.3. The van der Waals surface area contributed by atoms with E-state index in [2.05, 4.69) is 40.7 Å². The molecule has 0 amide bonds. The van der Waals surface area contributed by atoms with E-state index in [1.54, 1.807) is 0 Å². The average Bonchev–Trinajstić information content (AvgIpc) is 2.80. The SMILES string of the molecule is CCc1nn(C)cc1-n1cc(C)nc1NC(C)C. The number of imidazole rings is 1. The summed E-state index contributed by atoms with van der Waals surface area (Å²) in [4.78, 5) is 4.53. The van der Waals surface area contributed by atoms with E-state index in [0.717, 1.165) is 29.4 Å². The first-order chi connectivity index (χ1) is 8.51. The highest BCUT2D eigenvalue weighted by molar-refractivity contribution is 5.45. The second-order valence-corrected chi connectivity index (χ2v) is 4.86. The summed E-state index contributed by atoms with van der Waals surface area (Å²) in [5, 5.41) is 7.84. The number of hydrogen-bond acceptors (Lipinski definition) is 3. The van der Waals surface area contributed by atoms with Gasteiger partial charge in [-0.05, 0) is 27.2 Å². The maximum Gasteiger partial charge on any atom is 0.208 e. The number of rotatable bonds is 4. The summed E-state index contributed by atoms with van der Waals surface area (Å²) in [6.07, 6.45) is 4.99. The highest BCUT2D eigenvalue weighted by atomic mass is 15.3. The Balaban J connectivity index is 2.48. The Morgan fingerprint density at radius 3 is 2.67 bits per heavy atom. The lowest BCUT2D eigenvalue weighted by Gasteiger charge is -2.11. The molecule has 2 aromatic rings. The van der Waals surface area contributed by atoms with Crippen LogP contribution in [0.15, 0.2) is 12.4 Å². The standard InChI is InChI=1S/C13H21N5/c1-6-11-12(8-17(5)16-11)18-7-10(4)15-13(18)14-9(2)3/h7-9H,6H2,1-5H3,(H,14,15). The van der Waals surface area contributed by atoms with Gasteiger partial charge in [0.15, 0.2) is 0 Å². The van der Waals surface area contributed by atoms with E-state index in [-0.39, 0.29) is 0 Å². The van der Waals surface area contributed by atoms with Crippen molar-refractivity contribution in [3.8, 4) is 5.69 Å². The van der Waals surface area contributed by atoms with Gasteiger partial charge in [-0.3, -0.25) is 9.25 Å². The van der Waals surface area contributed by atoms with E-state index >= 15 is 0 Å². The summed E-state index contributed by atoms with van der Waals surface area (Å²) in [6.45, 7) is 8.34. The first-order valence-corrected chi connectivity index (χ1v) is 6.36. The Kier molecular flexibility index (Phi) is 3.41. The molecule has 0 spiro atoms. The second-order valence-electron chi connectivity index (χ2n) is 4.86. The van der Waals surface area contributed by atoms with Crippen LogP contribution in [0.5, 0.6) is 0 Å². The van der Waals surface area contributed by atoms with Crippen molar-refractivity contribution in [1.82, 2.24) is 19.3 Å². The molecule has 98 valence electrons. The van der Waals surface area contributed by atoms with Gasteiger partial charge in [0.25, 0.3) is 0 Å². The van der Waals surface area contributed by atoms with E-state index in [0.29, 0.717) is 6.04 Å². The van der Waals surface area contributed by atoms with Crippen molar-refractivity contribution in [2.45, 2.75) is 40.2 Å². The van der Waals surface area contributed by atoms with Crippen LogP contribution in [0.25, 0.3) is 5.69 Å². The van der Waals surface area contributed by atoms with Crippen molar-refractivity contribution in [1.29, 1.82) is 0 Å². The summed E-state index contributed by atoms with van der Waals surface area (Å²) < 4.78 is 3.93. The fraction of sp³-hybridized carbons (Fsp3) is 0.538. The molecule has 1 N–H and O–H groups in total. The lowest BCUT2D eigenvalue weighted by molar-refractivity contribution is 0.746. The average molecular weight is 247 g/mol. The predicted molar refractivity (Wildman–Crippen MR) is 73.2 cm³/mol. The zero-order valence-corrected chi connectivity index (χ0v) is 11.7. The summed E-state index contributed by atoms with van der Waals surface area (Å²) in [6, 6.07) is 0.354. The molecule has 0 saturated heterocycles. The third-order valence-electron chi connectivity index (χ3n) is 2.72. The van der Waals surface area contributed by atoms with E-state index < -0.39 is 0 Å². The van der Waals surface area contributed by atoms with Crippen LogP contribution in [0.2, 0.25) is 0 Å². The second kappa shape index (κ2) is 4.84. The minimum Gasteiger partial charge on any atom is -0.353 e. The molecule has 2 rings (SSSR count). The molecule has 2 heterocycles. The van der Waals surface area contributed by atoms with Crippen LogP contribution in [-0.4, -0.2) is 25.4 Å². The number of aryl methyl sites for hydroxylation is 3. The Hall–Kier alpha value is -1.78. The predicted octanol–water partition coefficient (Wildman–Crippen LogP) is 2.30. The number of nitrogens with zero attached hydrogens (tertiary/aromatic N) is 4. The Bertz CT molecular complexity index is 536. The van der Waals surface area contributed by atoms with Gasteiger partial charge in [0.1, 0.15) is 0 Å². The minimum atomic E-state index is 0.354. The molecular formula is C13H21N5. The van der Waals surface area contributed by atoms with E-state index in [1.165, 1.54) is 0 Å². The Labute approximate surface area is 108 Å². The lowest BCUT2D eigenvalue weighted by Crippen LogP contribution is -2.14. The van der Waals surface area contributed by atoms with Crippen molar-refractivity contribution in [3.05, 3.63) is 23.8 Å². The largest absolute Gasteiger partial charge is 0.353 e. The molecule has 0 atom stereocenters. The topological polar surface area (TPSA) is 47.7 Å². The third kappa shape index (κ3) is 2.39. The van der Waals surface area contributed by atoms with Crippen molar-refractivity contribution >= 4 is 5.95 Å². The summed E-state index contributed by atoms with van der Waals surface area (Å²) in [5.74, 6) is 0.880. The molecule has 0 unspecified atom stereocenters. The van der Waals surface area contributed by atoms with Crippen LogP contribution < -0.4 is 5.32 Å². The van der Waals surface area contributed by atoms with E-state index in [4.69, 9.17) is 0 Å². The normalized spacial score (nSPS) is 11.2. The fourth-order valence-corrected chi connectivity index (χ4v) is 2.02. The van der Waals surface area contributed by atoms with Crippen LogP contribution in [0.1, 0.15) is 32.2 Å². The van der Waals surface area contributed by atoms with E-state index in [9.17, 15) is 0 Å². The van der Waals surface area contributed by atoms with Gasteiger partial charge in [-0.1, -0.05) is 6.92 Å². The molecule has 0 saturated carbocycles. The molecular weight excluding hydrogens is 226 g/mol.